The Morgan fingerprint density at radius 2 is 2.37 bits per heavy atom. The van der Waals surface area contributed by atoms with Gasteiger partial charge >= 0.3 is 5.97 Å². The number of nitrogens with zero attached hydrogens (tertiary/aromatic N) is 1. The highest BCUT2D eigenvalue weighted by atomic mass is 35.5. The van der Waals surface area contributed by atoms with Gasteiger partial charge in [-0.25, -0.2) is 4.79 Å². The van der Waals surface area contributed by atoms with Crippen molar-refractivity contribution >= 4 is 28.9 Å². The topological polar surface area (TPSA) is 75.8 Å². The number of halogens is 1. The number of esters is 1. The lowest BCUT2D eigenvalue weighted by Gasteiger charge is -2.28. The van der Waals surface area contributed by atoms with E-state index in [4.69, 9.17) is 22.1 Å². The van der Waals surface area contributed by atoms with E-state index in [0.717, 1.165) is 19.4 Å². The summed E-state index contributed by atoms with van der Waals surface area (Å²) in [6.45, 7) is 0.778. The number of aliphatic hydroxyl groups is 1. The smallest absolute Gasteiger partial charge is 0.340 e. The lowest BCUT2D eigenvalue weighted by atomic mass is 10.1. The molecule has 1 unspecified atom stereocenters. The van der Waals surface area contributed by atoms with Crippen molar-refractivity contribution in [2.45, 2.75) is 18.9 Å². The molecule has 19 heavy (non-hydrogen) atoms. The Kier molecular flexibility index (Phi) is 4.17. The third-order valence-corrected chi connectivity index (χ3v) is 3.65. The number of carbonyl (C=O) groups excluding carboxylic acids is 1. The highest BCUT2D eigenvalue weighted by Crippen LogP contribution is 2.37. The Labute approximate surface area is 116 Å². The number of ether oxygens (including phenoxy) is 1. The molecule has 1 aliphatic heterocycles. The van der Waals surface area contributed by atoms with Crippen molar-refractivity contribution in [1.82, 2.24) is 0 Å². The van der Waals surface area contributed by atoms with E-state index in [-0.39, 0.29) is 12.6 Å². The molecule has 2 rings (SSSR count). The summed E-state index contributed by atoms with van der Waals surface area (Å²) in [5.74, 6) is -0.479. The van der Waals surface area contributed by atoms with E-state index in [1.54, 1.807) is 12.1 Å². The summed E-state index contributed by atoms with van der Waals surface area (Å²) in [5.41, 5.74) is 7.07. The number of anilines is 2. The summed E-state index contributed by atoms with van der Waals surface area (Å²) in [7, 11) is 1.32. The number of benzene rings is 1. The normalized spacial score (nSPS) is 18.7. The molecule has 0 aromatic heterocycles. The molecule has 104 valence electrons. The average molecular weight is 285 g/mol. The fourth-order valence-corrected chi connectivity index (χ4v) is 2.83. The van der Waals surface area contributed by atoms with Crippen LogP contribution in [0.1, 0.15) is 23.2 Å². The van der Waals surface area contributed by atoms with Gasteiger partial charge in [0.1, 0.15) is 0 Å². The fraction of sp³-hybridized carbons (Fsp3) is 0.462. The van der Waals surface area contributed by atoms with E-state index in [2.05, 4.69) is 0 Å². The van der Waals surface area contributed by atoms with Crippen molar-refractivity contribution in [3.05, 3.63) is 22.7 Å². The number of nitrogen functional groups attached to an aromatic ring is 1. The van der Waals surface area contributed by atoms with Crippen molar-refractivity contribution in [2.24, 2.45) is 0 Å². The van der Waals surface area contributed by atoms with Crippen LogP contribution in [0.3, 0.4) is 0 Å². The minimum absolute atomic E-state index is 0.0236. The molecule has 1 aromatic carbocycles. The molecular weight excluding hydrogens is 268 g/mol. The Balaban J connectivity index is 2.51. The van der Waals surface area contributed by atoms with Crippen molar-refractivity contribution in [1.29, 1.82) is 0 Å². The third kappa shape index (κ3) is 2.62. The number of hydrogen-bond acceptors (Lipinski definition) is 5. The number of carbonyl (C=O) groups is 1. The quantitative estimate of drug-likeness (QED) is 0.652. The average Bonchev–Trinajstić information content (AvgIpc) is 2.84. The van der Waals surface area contributed by atoms with Gasteiger partial charge in [0.25, 0.3) is 0 Å². The molecule has 0 bridgehead atoms. The summed E-state index contributed by atoms with van der Waals surface area (Å²) >= 11 is 6.23. The maximum atomic E-state index is 11.9. The number of hydrogen-bond donors (Lipinski definition) is 2. The van der Waals surface area contributed by atoms with Gasteiger partial charge in [0.05, 0.1) is 36.0 Å². The molecule has 0 spiro atoms. The van der Waals surface area contributed by atoms with Crippen molar-refractivity contribution in [3.8, 4) is 0 Å². The van der Waals surface area contributed by atoms with Crippen LogP contribution in [-0.2, 0) is 4.74 Å². The van der Waals surface area contributed by atoms with Gasteiger partial charge in [0.15, 0.2) is 0 Å². The molecule has 5 nitrogen and oxygen atoms in total. The molecule has 0 saturated carbocycles. The van der Waals surface area contributed by atoms with Crippen LogP contribution in [0.5, 0.6) is 0 Å². The van der Waals surface area contributed by atoms with Crippen LogP contribution in [0.2, 0.25) is 5.02 Å². The highest BCUT2D eigenvalue weighted by Gasteiger charge is 2.29. The second kappa shape index (κ2) is 5.67. The van der Waals surface area contributed by atoms with Gasteiger partial charge in [-0.15, -0.1) is 0 Å². The van der Waals surface area contributed by atoms with Gasteiger partial charge in [-0.3, -0.25) is 0 Å². The first kappa shape index (κ1) is 14.0. The molecule has 1 fully saturated rings. The van der Waals surface area contributed by atoms with Gasteiger partial charge < -0.3 is 20.5 Å². The first-order valence-corrected chi connectivity index (χ1v) is 6.51. The minimum atomic E-state index is -0.479. The zero-order valence-corrected chi connectivity index (χ0v) is 11.5. The minimum Gasteiger partial charge on any atom is -0.465 e. The second-order valence-electron chi connectivity index (χ2n) is 4.56. The SMILES string of the molecule is COC(=O)c1cc(N)cc(Cl)c1N1CCCC1CO. The summed E-state index contributed by atoms with van der Waals surface area (Å²) in [6, 6.07) is 3.14. The molecular formula is C13H17ClN2O3. The Bertz CT molecular complexity index is 493. The van der Waals surface area contributed by atoms with E-state index in [9.17, 15) is 9.90 Å². The van der Waals surface area contributed by atoms with E-state index in [1.165, 1.54) is 7.11 Å². The predicted molar refractivity (Wildman–Crippen MR) is 74.7 cm³/mol. The zero-order valence-electron chi connectivity index (χ0n) is 10.7. The monoisotopic (exact) mass is 284 g/mol. The lowest BCUT2D eigenvalue weighted by molar-refractivity contribution is 0.0601. The molecule has 1 aliphatic rings. The summed E-state index contributed by atoms with van der Waals surface area (Å²) < 4.78 is 4.77. The summed E-state index contributed by atoms with van der Waals surface area (Å²) in [6.07, 6.45) is 1.82. The van der Waals surface area contributed by atoms with Crippen LogP contribution in [0.4, 0.5) is 11.4 Å². The van der Waals surface area contributed by atoms with Gasteiger partial charge in [-0.1, -0.05) is 11.6 Å². The Morgan fingerprint density at radius 3 is 3.00 bits per heavy atom. The van der Waals surface area contributed by atoms with Crippen LogP contribution in [0, 0.1) is 0 Å². The van der Waals surface area contributed by atoms with E-state index in [1.807, 2.05) is 4.90 Å². The Hall–Kier alpha value is -1.46. The molecule has 1 atom stereocenters. The first-order valence-electron chi connectivity index (χ1n) is 6.13. The van der Waals surface area contributed by atoms with Gasteiger partial charge in [-0.2, -0.15) is 0 Å². The van der Waals surface area contributed by atoms with E-state index in [0.29, 0.717) is 22.0 Å². The second-order valence-corrected chi connectivity index (χ2v) is 4.97. The molecule has 0 radical (unpaired) electrons. The maximum Gasteiger partial charge on any atom is 0.340 e. The van der Waals surface area contributed by atoms with E-state index >= 15 is 0 Å². The largest absolute Gasteiger partial charge is 0.465 e. The first-order chi connectivity index (χ1) is 9.08. The van der Waals surface area contributed by atoms with Crippen molar-refractivity contribution in [2.75, 3.05) is 30.9 Å². The van der Waals surface area contributed by atoms with Crippen LogP contribution >= 0.6 is 11.6 Å². The predicted octanol–water partition coefficient (Wildman–Crippen LogP) is 1.67. The number of rotatable bonds is 3. The Morgan fingerprint density at radius 1 is 1.63 bits per heavy atom. The van der Waals surface area contributed by atoms with Crippen LogP contribution in [-0.4, -0.2) is 37.4 Å². The van der Waals surface area contributed by atoms with Crippen molar-refractivity contribution in [3.63, 3.8) is 0 Å². The van der Waals surface area contributed by atoms with Crippen LogP contribution in [0.25, 0.3) is 0 Å². The maximum absolute atomic E-state index is 11.9. The van der Waals surface area contributed by atoms with Crippen LogP contribution < -0.4 is 10.6 Å². The highest BCUT2D eigenvalue weighted by molar-refractivity contribution is 6.34. The molecule has 0 aliphatic carbocycles. The van der Waals surface area contributed by atoms with Crippen LogP contribution in [0.15, 0.2) is 12.1 Å². The standard InChI is InChI=1S/C13H17ClN2O3/c1-19-13(18)10-5-8(15)6-11(14)12(10)16-4-2-3-9(16)7-17/h5-6,9,17H,2-4,7,15H2,1H3. The molecule has 3 N–H and O–H groups in total. The number of methoxy groups -OCH3 is 1. The van der Waals surface area contributed by atoms with E-state index < -0.39 is 5.97 Å². The van der Waals surface area contributed by atoms with Crippen molar-refractivity contribution < 1.29 is 14.6 Å². The van der Waals surface area contributed by atoms with Gasteiger partial charge in [-0.05, 0) is 25.0 Å². The molecule has 6 heteroatoms. The molecule has 1 saturated heterocycles. The lowest BCUT2D eigenvalue weighted by Crippen LogP contribution is -2.33. The summed E-state index contributed by atoms with van der Waals surface area (Å²) in [5, 5.41) is 9.81. The zero-order chi connectivity index (χ0) is 14.0. The molecule has 0 amide bonds. The van der Waals surface area contributed by atoms with Gasteiger partial charge in [0.2, 0.25) is 0 Å². The number of nitrogens with two attached hydrogens (primary N) is 1. The van der Waals surface area contributed by atoms with Gasteiger partial charge in [0, 0.05) is 12.2 Å². The summed E-state index contributed by atoms with van der Waals surface area (Å²) in [4.78, 5) is 13.8. The molecule has 1 heterocycles. The fourth-order valence-electron chi connectivity index (χ4n) is 2.50. The third-order valence-electron chi connectivity index (χ3n) is 3.37. The molecule has 1 aromatic rings. The number of aliphatic hydroxyl groups excluding tert-OH is 1.